The smallest absolute Gasteiger partial charge is 0.261 e. The summed E-state index contributed by atoms with van der Waals surface area (Å²) in [7, 11) is 0. The van der Waals surface area contributed by atoms with Crippen molar-refractivity contribution in [3.05, 3.63) is 70.8 Å². The molecule has 1 fully saturated rings. The number of nitrogens with one attached hydrogen (secondary N) is 1. The SMILES string of the molecule is CCC(=O)Nc1ccc2c(=O)n(CC3(O)CCN(C(=O)C[C@@H](C)c4ccccc4)CC3)cnc2c1. The third-order valence-corrected chi connectivity index (χ3v) is 6.79. The van der Waals surface area contributed by atoms with Gasteiger partial charge in [-0.05, 0) is 42.5 Å². The third kappa shape index (κ3) is 5.77. The number of hydrogen-bond donors (Lipinski definition) is 2. The molecule has 1 aromatic heterocycles. The summed E-state index contributed by atoms with van der Waals surface area (Å²) in [5.74, 6) is 0.0979. The summed E-state index contributed by atoms with van der Waals surface area (Å²) >= 11 is 0. The fraction of sp³-hybridized carbons (Fsp3) is 0.407. The van der Waals surface area contributed by atoms with Crippen molar-refractivity contribution >= 4 is 28.4 Å². The molecule has 184 valence electrons. The van der Waals surface area contributed by atoms with Gasteiger partial charge in [0.2, 0.25) is 11.8 Å². The molecule has 1 atom stereocenters. The molecule has 8 heteroatoms. The molecule has 0 aliphatic carbocycles. The minimum absolute atomic E-state index is 0.0823. The summed E-state index contributed by atoms with van der Waals surface area (Å²) < 4.78 is 1.43. The molecule has 1 saturated heterocycles. The Hall–Kier alpha value is -3.52. The molecule has 1 aliphatic heterocycles. The van der Waals surface area contributed by atoms with Crippen LogP contribution >= 0.6 is 0 Å². The van der Waals surface area contributed by atoms with Crippen LogP contribution in [-0.4, -0.2) is 50.1 Å². The normalized spacial score (nSPS) is 16.1. The van der Waals surface area contributed by atoms with Crippen LogP contribution in [0.15, 0.2) is 59.7 Å². The topological polar surface area (TPSA) is 105 Å². The minimum atomic E-state index is -1.09. The second-order valence-electron chi connectivity index (χ2n) is 9.43. The summed E-state index contributed by atoms with van der Waals surface area (Å²) in [6.45, 7) is 4.84. The quantitative estimate of drug-likeness (QED) is 0.545. The molecule has 2 aromatic carbocycles. The van der Waals surface area contributed by atoms with E-state index < -0.39 is 5.60 Å². The number of carbonyl (C=O) groups is 2. The van der Waals surface area contributed by atoms with Crippen molar-refractivity contribution in [2.24, 2.45) is 0 Å². The molecule has 0 unspecified atom stereocenters. The van der Waals surface area contributed by atoms with Crippen LogP contribution in [0.1, 0.15) is 51.0 Å². The van der Waals surface area contributed by atoms with Gasteiger partial charge in [-0.2, -0.15) is 0 Å². The summed E-state index contributed by atoms with van der Waals surface area (Å²) in [5.41, 5.74) is 0.881. The molecule has 8 nitrogen and oxygen atoms in total. The van der Waals surface area contributed by atoms with Crippen molar-refractivity contribution in [1.29, 1.82) is 0 Å². The van der Waals surface area contributed by atoms with E-state index in [1.54, 1.807) is 30.0 Å². The summed E-state index contributed by atoms with van der Waals surface area (Å²) in [6, 6.07) is 15.0. The van der Waals surface area contributed by atoms with Crippen molar-refractivity contribution < 1.29 is 14.7 Å². The van der Waals surface area contributed by atoms with Gasteiger partial charge in [-0.25, -0.2) is 4.98 Å². The van der Waals surface area contributed by atoms with Gasteiger partial charge >= 0.3 is 0 Å². The molecular weight excluding hydrogens is 444 g/mol. The van der Waals surface area contributed by atoms with Crippen LogP contribution in [0.2, 0.25) is 0 Å². The average Bonchev–Trinajstić information content (AvgIpc) is 2.86. The number of likely N-dealkylation sites (tertiary alicyclic amines) is 1. The van der Waals surface area contributed by atoms with E-state index in [0.29, 0.717) is 55.4 Å². The average molecular weight is 477 g/mol. The molecular formula is C27H32N4O4. The molecule has 0 saturated carbocycles. The zero-order valence-corrected chi connectivity index (χ0v) is 20.2. The molecule has 3 aromatic rings. The zero-order chi connectivity index (χ0) is 25.0. The van der Waals surface area contributed by atoms with E-state index >= 15 is 0 Å². The zero-order valence-electron chi connectivity index (χ0n) is 20.2. The molecule has 2 N–H and O–H groups in total. The number of benzene rings is 2. The molecule has 0 spiro atoms. The second-order valence-corrected chi connectivity index (χ2v) is 9.43. The van der Waals surface area contributed by atoms with E-state index in [1.807, 2.05) is 37.3 Å². The van der Waals surface area contributed by atoms with Gasteiger partial charge in [0.05, 0.1) is 29.4 Å². The first kappa shape index (κ1) is 24.6. The van der Waals surface area contributed by atoms with E-state index in [-0.39, 0.29) is 29.8 Å². The largest absolute Gasteiger partial charge is 0.388 e. The highest BCUT2D eigenvalue weighted by molar-refractivity contribution is 5.93. The fourth-order valence-electron chi connectivity index (χ4n) is 4.54. The lowest BCUT2D eigenvalue weighted by atomic mass is 9.90. The van der Waals surface area contributed by atoms with Crippen molar-refractivity contribution in [2.45, 2.75) is 57.6 Å². The number of amides is 2. The number of anilines is 1. The summed E-state index contributed by atoms with van der Waals surface area (Å²) in [6.07, 6.45) is 3.01. The highest BCUT2D eigenvalue weighted by Crippen LogP contribution is 2.26. The lowest BCUT2D eigenvalue weighted by molar-refractivity contribution is -0.136. The molecule has 2 heterocycles. The van der Waals surface area contributed by atoms with E-state index in [4.69, 9.17) is 0 Å². The van der Waals surface area contributed by atoms with Gasteiger partial charge in [-0.1, -0.05) is 44.2 Å². The second kappa shape index (κ2) is 10.4. The molecule has 0 radical (unpaired) electrons. The van der Waals surface area contributed by atoms with E-state index in [1.165, 1.54) is 10.9 Å². The van der Waals surface area contributed by atoms with Gasteiger partial charge < -0.3 is 15.3 Å². The maximum atomic E-state index is 13.0. The Labute approximate surface area is 204 Å². The van der Waals surface area contributed by atoms with Crippen molar-refractivity contribution in [3.8, 4) is 0 Å². The Bertz CT molecular complexity index is 1260. The monoisotopic (exact) mass is 476 g/mol. The third-order valence-electron chi connectivity index (χ3n) is 6.79. The predicted molar refractivity (Wildman–Crippen MR) is 135 cm³/mol. The first-order valence-corrected chi connectivity index (χ1v) is 12.1. The van der Waals surface area contributed by atoms with Crippen LogP contribution in [0.4, 0.5) is 5.69 Å². The van der Waals surface area contributed by atoms with Crippen molar-refractivity contribution in [3.63, 3.8) is 0 Å². The molecule has 1 aliphatic rings. The van der Waals surface area contributed by atoms with Gasteiger partial charge in [0.1, 0.15) is 0 Å². The van der Waals surface area contributed by atoms with Gasteiger partial charge in [0.25, 0.3) is 5.56 Å². The Kier molecular flexibility index (Phi) is 7.31. The number of nitrogens with zero attached hydrogens (tertiary/aromatic N) is 3. The Balaban J connectivity index is 1.39. The Morgan fingerprint density at radius 3 is 2.54 bits per heavy atom. The van der Waals surface area contributed by atoms with Gasteiger partial charge in [0, 0.05) is 31.6 Å². The van der Waals surface area contributed by atoms with Crippen LogP contribution in [-0.2, 0) is 16.1 Å². The van der Waals surface area contributed by atoms with Crippen molar-refractivity contribution in [1.82, 2.24) is 14.5 Å². The number of hydrogen-bond acceptors (Lipinski definition) is 5. The lowest BCUT2D eigenvalue weighted by Crippen LogP contribution is -2.49. The maximum absolute atomic E-state index is 13.0. The number of aromatic nitrogens is 2. The van der Waals surface area contributed by atoms with Crippen LogP contribution in [0.5, 0.6) is 0 Å². The first-order valence-electron chi connectivity index (χ1n) is 12.1. The van der Waals surface area contributed by atoms with Crippen LogP contribution in [0, 0.1) is 0 Å². The van der Waals surface area contributed by atoms with Crippen LogP contribution in [0.3, 0.4) is 0 Å². The number of fused-ring (bicyclic) bond motifs is 1. The van der Waals surface area contributed by atoms with Gasteiger partial charge in [0.15, 0.2) is 0 Å². The molecule has 2 amide bonds. The molecule has 35 heavy (non-hydrogen) atoms. The lowest BCUT2D eigenvalue weighted by Gasteiger charge is -2.38. The summed E-state index contributed by atoms with van der Waals surface area (Å²) in [4.78, 5) is 43.6. The van der Waals surface area contributed by atoms with E-state index in [0.717, 1.165) is 5.56 Å². The van der Waals surface area contributed by atoms with Gasteiger partial charge in [-0.15, -0.1) is 0 Å². The number of rotatable bonds is 7. The number of piperidine rings is 1. The number of aliphatic hydroxyl groups is 1. The van der Waals surface area contributed by atoms with E-state index in [2.05, 4.69) is 10.3 Å². The first-order chi connectivity index (χ1) is 16.8. The molecule has 0 bridgehead atoms. The predicted octanol–water partition coefficient (Wildman–Crippen LogP) is 3.29. The number of carbonyl (C=O) groups excluding carboxylic acids is 2. The Morgan fingerprint density at radius 1 is 1.14 bits per heavy atom. The van der Waals surface area contributed by atoms with Crippen LogP contribution < -0.4 is 10.9 Å². The fourth-order valence-corrected chi connectivity index (χ4v) is 4.54. The van der Waals surface area contributed by atoms with Crippen molar-refractivity contribution in [2.75, 3.05) is 18.4 Å². The highest BCUT2D eigenvalue weighted by Gasteiger charge is 2.35. The van der Waals surface area contributed by atoms with Gasteiger partial charge in [-0.3, -0.25) is 19.0 Å². The standard InChI is InChI=1S/C27H32N4O4/c1-3-24(32)29-21-9-10-22-23(16-21)28-18-31(26(22)34)17-27(35)11-13-30(14-12-27)25(33)15-19(2)20-7-5-4-6-8-20/h4-10,16,18-19,35H,3,11-15,17H2,1-2H3,(H,29,32)/t19-/m1/s1. The van der Waals surface area contributed by atoms with Crippen LogP contribution in [0.25, 0.3) is 10.9 Å². The molecule has 4 rings (SSSR count). The highest BCUT2D eigenvalue weighted by atomic mass is 16.3. The van der Waals surface area contributed by atoms with E-state index in [9.17, 15) is 19.5 Å². The minimum Gasteiger partial charge on any atom is -0.388 e. The maximum Gasteiger partial charge on any atom is 0.261 e. The Morgan fingerprint density at radius 2 is 1.86 bits per heavy atom. The summed E-state index contributed by atoms with van der Waals surface area (Å²) in [5, 5.41) is 14.4.